The Kier molecular flexibility index (Phi) is 3.61. The Balaban J connectivity index is 1.64. The third kappa shape index (κ3) is 3.59. The number of hydrogen-bond donors (Lipinski definition) is 2. The van der Waals surface area contributed by atoms with Crippen LogP contribution in [0, 0.1) is 11.8 Å². The number of carbonyl (C=O) groups is 1. The van der Waals surface area contributed by atoms with Gasteiger partial charge < -0.3 is 10.6 Å². The smallest absolute Gasteiger partial charge is 0.352 e. The molecule has 3 unspecified atom stereocenters. The van der Waals surface area contributed by atoms with Crippen LogP contribution in [-0.4, -0.2) is 31.2 Å². The van der Waals surface area contributed by atoms with Crippen molar-refractivity contribution in [3.63, 3.8) is 0 Å². The minimum atomic E-state index is -4.26. The molecule has 98 valence electrons. The molecule has 0 saturated heterocycles. The van der Waals surface area contributed by atoms with E-state index >= 15 is 0 Å². The predicted octanol–water partition coefficient (Wildman–Crippen LogP) is 1.44. The van der Waals surface area contributed by atoms with E-state index in [9.17, 15) is 18.0 Å². The van der Waals surface area contributed by atoms with Crippen molar-refractivity contribution in [1.29, 1.82) is 0 Å². The number of alkyl halides is 3. The molecule has 1 amide bonds. The number of hydrogen-bond acceptors (Lipinski definition) is 2. The first kappa shape index (κ1) is 12.7. The van der Waals surface area contributed by atoms with Gasteiger partial charge in [0.25, 0.3) is 0 Å². The molecule has 2 N–H and O–H groups in total. The third-order valence-corrected chi connectivity index (χ3v) is 3.70. The molecule has 0 aliphatic heterocycles. The average Bonchev–Trinajstić information content (AvgIpc) is 2.76. The molecule has 2 bridgehead atoms. The van der Waals surface area contributed by atoms with Gasteiger partial charge in [0, 0.05) is 6.04 Å². The largest absolute Gasteiger partial charge is 0.401 e. The minimum Gasteiger partial charge on any atom is -0.352 e. The second kappa shape index (κ2) is 4.84. The van der Waals surface area contributed by atoms with E-state index in [0.717, 1.165) is 12.8 Å². The molecule has 2 rings (SSSR count). The van der Waals surface area contributed by atoms with Crippen molar-refractivity contribution in [3.05, 3.63) is 0 Å². The summed E-state index contributed by atoms with van der Waals surface area (Å²) >= 11 is 0. The summed E-state index contributed by atoms with van der Waals surface area (Å²) < 4.78 is 35.5. The molecule has 0 aromatic carbocycles. The molecule has 2 fully saturated rings. The average molecular weight is 250 g/mol. The molecule has 2 aliphatic rings. The van der Waals surface area contributed by atoms with Gasteiger partial charge in [-0.25, -0.2) is 0 Å². The van der Waals surface area contributed by atoms with Gasteiger partial charge >= 0.3 is 6.18 Å². The van der Waals surface area contributed by atoms with E-state index in [1.54, 1.807) is 0 Å². The molecule has 0 aromatic heterocycles. The molecule has 3 atom stereocenters. The molecule has 6 heteroatoms. The Bertz CT molecular complexity index is 293. The summed E-state index contributed by atoms with van der Waals surface area (Å²) in [7, 11) is 0. The van der Waals surface area contributed by atoms with Crippen LogP contribution in [0.5, 0.6) is 0 Å². The summed E-state index contributed by atoms with van der Waals surface area (Å²) in [6.07, 6.45) is 0.290. The van der Waals surface area contributed by atoms with Gasteiger partial charge in [0.15, 0.2) is 0 Å². The molecule has 0 spiro atoms. The normalized spacial score (nSPS) is 31.8. The number of rotatable bonds is 4. The van der Waals surface area contributed by atoms with Gasteiger partial charge in [0.05, 0.1) is 13.1 Å². The van der Waals surface area contributed by atoms with Crippen LogP contribution in [0.25, 0.3) is 0 Å². The van der Waals surface area contributed by atoms with E-state index in [1.165, 1.54) is 12.8 Å². The van der Waals surface area contributed by atoms with Gasteiger partial charge in [0.1, 0.15) is 0 Å². The number of carbonyl (C=O) groups excluding carboxylic acids is 1. The van der Waals surface area contributed by atoms with Crippen molar-refractivity contribution >= 4 is 5.91 Å². The lowest BCUT2D eigenvalue weighted by Crippen LogP contribution is -2.44. The Labute approximate surface area is 98.1 Å². The van der Waals surface area contributed by atoms with Crippen LogP contribution in [-0.2, 0) is 4.79 Å². The number of fused-ring (bicyclic) bond motifs is 2. The SMILES string of the molecule is O=C(CNCC(F)(F)F)NC1CC2CCC1C2. The fourth-order valence-corrected chi connectivity index (χ4v) is 3.00. The van der Waals surface area contributed by atoms with Gasteiger partial charge in [-0.1, -0.05) is 6.42 Å². The first-order chi connectivity index (χ1) is 7.94. The van der Waals surface area contributed by atoms with Gasteiger partial charge in [-0.15, -0.1) is 0 Å². The van der Waals surface area contributed by atoms with Gasteiger partial charge in [0.2, 0.25) is 5.91 Å². The van der Waals surface area contributed by atoms with Crippen LogP contribution in [0.15, 0.2) is 0 Å². The number of halogens is 3. The van der Waals surface area contributed by atoms with Crippen molar-refractivity contribution in [2.75, 3.05) is 13.1 Å². The van der Waals surface area contributed by atoms with E-state index in [0.29, 0.717) is 11.8 Å². The van der Waals surface area contributed by atoms with Gasteiger partial charge in [-0.3, -0.25) is 4.79 Å². The molecule has 3 nitrogen and oxygen atoms in total. The highest BCUT2D eigenvalue weighted by Gasteiger charge is 2.40. The lowest BCUT2D eigenvalue weighted by molar-refractivity contribution is -0.128. The van der Waals surface area contributed by atoms with Crippen LogP contribution in [0.3, 0.4) is 0 Å². The van der Waals surface area contributed by atoms with Crippen LogP contribution >= 0.6 is 0 Å². The third-order valence-electron chi connectivity index (χ3n) is 3.70. The molecule has 0 radical (unpaired) electrons. The van der Waals surface area contributed by atoms with Crippen molar-refractivity contribution in [3.8, 4) is 0 Å². The van der Waals surface area contributed by atoms with Crippen LogP contribution in [0.1, 0.15) is 25.7 Å². The van der Waals surface area contributed by atoms with Crippen molar-refractivity contribution < 1.29 is 18.0 Å². The highest BCUT2D eigenvalue weighted by Crippen LogP contribution is 2.44. The van der Waals surface area contributed by atoms with Crippen molar-refractivity contribution in [2.24, 2.45) is 11.8 Å². The minimum absolute atomic E-state index is 0.189. The number of amides is 1. The van der Waals surface area contributed by atoms with Crippen molar-refractivity contribution in [1.82, 2.24) is 10.6 Å². The summed E-state index contributed by atoms with van der Waals surface area (Å²) in [5.74, 6) is 0.937. The Morgan fingerprint density at radius 3 is 2.53 bits per heavy atom. The van der Waals surface area contributed by atoms with Crippen LogP contribution < -0.4 is 10.6 Å². The Morgan fingerprint density at radius 1 is 1.24 bits per heavy atom. The maximum atomic E-state index is 11.8. The van der Waals surface area contributed by atoms with Crippen LogP contribution in [0.4, 0.5) is 13.2 Å². The standard InChI is InChI=1S/C11H17F3N2O/c12-11(13,14)6-15-5-10(17)16-9-4-7-1-2-8(9)3-7/h7-9,15H,1-6H2,(H,16,17). The zero-order chi connectivity index (χ0) is 12.5. The lowest BCUT2D eigenvalue weighted by atomic mass is 9.95. The Morgan fingerprint density at radius 2 is 2.00 bits per heavy atom. The monoisotopic (exact) mass is 250 g/mol. The predicted molar refractivity (Wildman–Crippen MR) is 56.3 cm³/mol. The molecule has 0 heterocycles. The summed E-state index contributed by atoms with van der Waals surface area (Å²) in [6, 6.07) is 0.189. The van der Waals surface area contributed by atoms with Crippen molar-refractivity contribution in [2.45, 2.75) is 37.9 Å². The molecular formula is C11H17F3N2O. The van der Waals surface area contributed by atoms with Crippen LogP contribution in [0.2, 0.25) is 0 Å². The zero-order valence-electron chi connectivity index (χ0n) is 9.52. The first-order valence-electron chi connectivity index (χ1n) is 6.01. The highest BCUT2D eigenvalue weighted by atomic mass is 19.4. The fraction of sp³-hybridized carbons (Fsp3) is 0.909. The van der Waals surface area contributed by atoms with E-state index in [2.05, 4.69) is 10.6 Å². The maximum Gasteiger partial charge on any atom is 0.401 e. The summed E-state index contributed by atoms with van der Waals surface area (Å²) in [5.41, 5.74) is 0. The summed E-state index contributed by atoms with van der Waals surface area (Å²) in [4.78, 5) is 11.4. The van der Waals surface area contributed by atoms with E-state index in [-0.39, 0.29) is 18.5 Å². The fourth-order valence-electron chi connectivity index (χ4n) is 3.00. The molecule has 2 saturated carbocycles. The van der Waals surface area contributed by atoms with E-state index < -0.39 is 12.7 Å². The molecule has 0 aromatic rings. The topological polar surface area (TPSA) is 41.1 Å². The van der Waals surface area contributed by atoms with E-state index in [4.69, 9.17) is 0 Å². The van der Waals surface area contributed by atoms with Gasteiger partial charge in [-0.05, 0) is 31.1 Å². The van der Waals surface area contributed by atoms with Gasteiger partial charge in [-0.2, -0.15) is 13.2 Å². The Hall–Kier alpha value is -0.780. The molecular weight excluding hydrogens is 233 g/mol. The summed E-state index contributed by atoms with van der Waals surface area (Å²) in [5, 5.41) is 4.93. The van der Waals surface area contributed by atoms with E-state index in [1.807, 2.05) is 0 Å². The zero-order valence-corrected chi connectivity index (χ0v) is 9.52. The second-order valence-corrected chi connectivity index (χ2v) is 5.07. The lowest BCUT2D eigenvalue weighted by Gasteiger charge is -2.23. The number of nitrogens with one attached hydrogen (secondary N) is 2. The molecule has 17 heavy (non-hydrogen) atoms. The quantitative estimate of drug-likeness (QED) is 0.792. The second-order valence-electron chi connectivity index (χ2n) is 5.07. The first-order valence-corrected chi connectivity index (χ1v) is 6.01. The highest BCUT2D eigenvalue weighted by molar-refractivity contribution is 5.78. The molecule has 2 aliphatic carbocycles. The summed E-state index contributed by atoms with van der Waals surface area (Å²) in [6.45, 7) is -1.37. The maximum absolute atomic E-state index is 11.8.